The number of azide groups is 1. The lowest BCUT2D eigenvalue weighted by Crippen LogP contribution is -2.28. The number of aromatic nitrogens is 12. The lowest BCUT2D eigenvalue weighted by Gasteiger charge is -2.25. The maximum atomic E-state index is 12.8. The van der Waals surface area contributed by atoms with Crippen molar-refractivity contribution < 1.29 is 14.7 Å². The van der Waals surface area contributed by atoms with Gasteiger partial charge in [-0.3, -0.25) is 46.1 Å². The van der Waals surface area contributed by atoms with Gasteiger partial charge in [-0.25, -0.2) is 39.1 Å². The van der Waals surface area contributed by atoms with E-state index in [-0.39, 0.29) is 60.9 Å². The third-order valence-corrected chi connectivity index (χ3v) is 20.4. The first-order valence-corrected chi connectivity index (χ1v) is 40.1. The van der Waals surface area contributed by atoms with E-state index < -0.39 is 16.7 Å². The molecule has 12 rings (SSSR count). The van der Waals surface area contributed by atoms with Gasteiger partial charge in [-0.1, -0.05) is 164 Å². The van der Waals surface area contributed by atoms with E-state index in [0.29, 0.717) is 55.2 Å². The van der Waals surface area contributed by atoms with E-state index in [1.165, 1.54) is 6.92 Å². The summed E-state index contributed by atoms with van der Waals surface area (Å²) in [7, 11) is 7.09. The molecule has 624 valence electrons. The number of rotatable bonds is 15. The first-order chi connectivity index (χ1) is 53.7. The van der Waals surface area contributed by atoms with Gasteiger partial charge in [0.15, 0.2) is 22.6 Å². The number of carbonyl (C=O) groups excluding carboxylic acids is 2. The van der Waals surface area contributed by atoms with Crippen molar-refractivity contribution in [3.05, 3.63) is 218 Å². The first kappa shape index (κ1) is 91.9. The molecule has 0 saturated heterocycles. The Balaban J connectivity index is 0.000000192. The summed E-state index contributed by atoms with van der Waals surface area (Å²) >= 11 is 4.64. The smallest absolute Gasteiger partial charge is 0.330 e. The molecule has 8 heterocycles. The Morgan fingerprint density at radius 2 is 0.650 bits per heavy atom. The molecule has 0 aliphatic heterocycles. The predicted octanol–water partition coefficient (Wildman–Crippen LogP) is 19.0. The molecule has 0 fully saturated rings. The number of fused-ring (bicyclic) bond motifs is 4. The number of pyridine rings is 4. The van der Waals surface area contributed by atoms with Crippen LogP contribution in [0.15, 0.2) is 146 Å². The van der Waals surface area contributed by atoms with Crippen molar-refractivity contribution in [2.75, 3.05) is 0 Å². The summed E-state index contributed by atoms with van der Waals surface area (Å²) in [6, 6.07) is 40.3. The molecule has 0 atom stereocenters. The Morgan fingerprint density at radius 1 is 0.410 bits per heavy atom. The van der Waals surface area contributed by atoms with Crippen LogP contribution in [0.2, 0.25) is 0 Å². The maximum Gasteiger partial charge on any atom is 0.330 e. The SMILES string of the molecule is CC(=O)CC(C)(C)c1ccc(C)c(-c2ccc3c(n2)n(C)c(=O)n3CC(C)(C)C)c1.CC(=O)Cl.Cc1ccc(C(C)(C)N)cc1-c1ccc2c(n1)n(C)c(=O)n2CC(C)(C)C.Cc1ccc(C(C)(C)N=[N+]=[N-])cc1-c1ccc2c(n1)n(C)c(=O)n2CC(C)(C)C.Cc1ccc(C(C)(C)O)cc1-c1ccc2c(n1)n(C)c(=O)n2CC(C)(C)C. The summed E-state index contributed by atoms with van der Waals surface area (Å²) in [5, 5.41) is 13.9. The molecule has 0 saturated carbocycles. The van der Waals surface area contributed by atoms with Crippen molar-refractivity contribution in [2.24, 2.45) is 60.7 Å². The van der Waals surface area contributed by atoms with Gasteiger partial charge in [-0.2, -0.15) is 0 Å². The lowest BCUT2D eigenvalue weighted by atomic mass is 9.79. The standard InChI is InChI=1S/C25H33N3O2.C22H28N6O.C22H30N4O.C22H29N3O2.C2H3ClO/c1-16-9-10-18(25(6,7)14-17(2)29)13-19(16)20-11-12-21-22(26-20)27(8)23(30)28(21)15-24(3,4)5;1-14-8-9-15(22(5,6)25-26-23)12-16(14)17-10-11-18-19(24-17)27(7)20(29)28(18)13-21(2,3)4;1-14-8-9-15(22(5,6)23)12-16(14)17-10-11-18-19(24-17)25(7)20(27)26(18)13-21(2,3)4;1-14-8-9-15(22(5,6)27)12-16(14)17-10-11-18-19(23-17)24(7)20(26)25(18)13-21(2,3)4;1-2(3)4/h9-13H,14-15H2,1-8H3;8-12H,13H2,1-7H3;8-12H,13,23H2,1-7H3;8-12,27H,13H2,1-7H3;1H3. The number of nitrogens with two attached hydrogens (primary N) is 1. The normalized spacial score (nSPS) is 12.4. The van der Waals surface area contributed by atoms with E-state index in [1.807, 2.05) is 136 Å². The van der Waals surface area contributed by atoms with Crippen LogP contribution in [0.4, 0.5) is 0 Å². The molecule has 3 N–H and O–H groups in total. The molecule has 4 aromatic carbocycles. The highest BCUT2D eigenvalue weighted by atomic mass is 35.5. The van der Waals surface area contributed by atoms with Gasteiger partial charge >= 0.3 is 22.8 Å². The van der Waals surface area contributed by atoms with Crippen molar-refractivity contribution >= 4 is 67.3 Å². The minimum atomic E-state index is -0.921. The van der Waals surface area contributed by atoms with Crippen molar-refractivity contribution in [1.29, 1.82) is 0 Å². The number of nitrogens with zero attached hydrogens (tertiary/aromatic N) is 15. The van der Waals surface area contributed by atoms with Crippen LogP contribution in [0.1, 0.15) is 203 Å². The maximum absolute atomic E-state index is 12.8. The Bertz CT molecular complexity index is 5880. The van der Waals surface area contributed by atoms with Gasteiger partial charge in [0.2, 0.25) is 5.24 Å². The van der Waals surface area contributed by atoms with Gasteiger partial charge in [0.25, 0.3) is 0 Å². The van der Waals surface area contributed by atoms with Crippen LogP contribution in [0.5, 0.6) is 0 Å². The molecule has 0 aliphatic carbocycles. The fourth-order valence-electron chi connectivity index (χ4n) is 14.3. The quantitative estimate of drug-likeness (QED) is 0.0419. The Kier molecular flexibility index (Phi) is 27.1. The third kappa shape index (κ3) is 22.0. The van der Waals surface area contributed by atoms with Gasteiger partial charge in [-0.05, 0) is 224 Å². The number of aliphatic hydroxyl groups is 1. The highest BCUT2D eigenvalue weighted by Gasteiger charge is 2.29. The van der Waals surface area contributed by atoms with Crippen molar-refractivity contribution in [2.45, 2.75) is 235 Å². The molecule has 0 aliphatic rings. The molecule has 0 bridgehead atoms. The number of Topliss-reactive ketones (excluding diaryl/α,β-unsaturated/α-hetero) is 1. The summed E-state index contributed by atoms with van der Waals surface area (Å²) in [5.74, 6) is 0.178. The molecule has 23 nitrogen and oxygen atoms in total. The van der Waals surface area contributed by atoms with E-state index in [0.717, 1.165) is 112 Å². The average Bonchev–Trinajstić information content (AvgIpc) is 1.60. The number of halogens is 1. The van der Waals surface area contributed by atoms with Crippen LogP contribution >= 0.6 is 11.6 Å². The van der Waals surface area contributed by atoms with Crippen LogP contribution in [0.25, 0.3) is 100 Å². The molecule has 117 heavy (non-hydrogen) atoms. The molecule has 0 amide bonds. The highest BCUT2D eigenvalue weighted by molar-refractivity contribution is 6.62. The first-order valence-electron chi connectivity index (χ1n) is 39.7. The van der Waals surface area contributed by atoms with Crippen molar-refractivity contribution in [3.8, 4) is 45.0 Å². The average molecular weight is 1610 g/mol. The number of hydrogen-bond donors (Lipinski definition) is 2. The molecular formula is C93H123ClN16O7. The van der Waals surface area contributed by atoms with Crippen molar-refractivity contribution in [1.82, 2.24) is 56.5 Å². The predicted molar refractivity (Wildman–Crippen MR) is 478 cm³/mol. The zero-order valence-corrected chi connectivity index (χ0v) is 75.4. The van der Waals surface area contributed by atoms with Crippen LogP contribution in [0.3, 0.4) is 0 Å². The van der Waals surface area contributed by atoms with E-state index in [1.54, 1.807) is 76.4 Å². The molecule has 0 unspecified atom stereocenters. The number of hydrogen-bond acceptors (Lipinski definition) is 13. The highest BCUT2D eigenvalue weighted by Crippen LogP contribution is 2.37. The summed E-state index contributed by atoms with van der Waals surface area (Å²) in [5.41, 5.74) is 34.4. The van der Waals surface area contributed by atoms with Crippen LogP contribution in [-0.4, -0.2) is 72.6 Å². The van der Waals surface area contributed by atoms with Crippen LogP contribution < -0.4 is 28.5 Å². The van der Waals surface area contributed by atoms with Gasteiger partial charge in [0.05, 0.1) is 56.0 Å². The zero-order valence-electron chi connectivity index (χ0n) is 74.6. The molecule has 12 aromatic rings. The van der Waals surface area contributed by atoms with E-state index in [4.69, 9.17) is 31.2 Å². The Morgan fingerprint density at radius 3 is 0.897 bits per heavy atom. The Labute approximate surface area is 693 Å². The lowest BCUT2D eigenvalue weighted by molar-refractivity contribution is -0.118. The van der Waals surface area contributed by atoms with E-state index in [2.05, 4.69) is 169 Å². The Hall–Kier alpha value is -10.6. The second-order valence-electron chi connectivity index (χ2n) is 38.5. The molecule has 8 aromatic heterocycles. The van der Waals surface area contributed by atoms with Crippen LogP contribution in [-0.2, 0) is 86.1 Å². The van der Waals surface area contributed by atoms with Gasteiger partial charge in [-0.15, -0.1) is 0 Å². The summed E-state index contributed by atoms with van der Waals surface area (Å²) < 4.78 is 13.7. The summed E-state index contributed by atoms with van der Waals surface area (Å²) in [6.45, 7) is 54.6. The summed E-state index contributed by atoms with van der Waals surface area (Å²) in [4.78, 5) is 94.3. The molecule has 0 radical (unpaired) electrons. The zero-order chi connectivity index (χ0) is 87.9. The second kappa shape index (κ2) is 34.5. The second-order valence-corrected chi connectivity index (χ2v) is 39.0. The number of aryl methyl sites for hydroxylation is 8. The molecule has 24 heteroatoms. The monoisotopic (exact) mass is 1610 g/mol. The molecule has 0 spiro atoms. The topological polar surface area (TPSA) is 288 Å². The number of carbonyl (C=O) groups is 2. The fourth-order valence-corrected chi connectivity index (χ4v) is 14.3. The summed E-state index contributed by atoms with van der Waals surface area (Å²) in [6.07, 6.45) is 0.492. The van der Waals surface area contributed by atoms with Gasteiger partial charge in [0, 0.05) is 100 Å². The van der Waals surface area contributed by atoms with Crippen molar-refractivity contribution in [3.63, 3.8) is 0 Å². The minimum absolute atomic E-state index is 0.00555. The van der Waals surface area contributed by atoms with Gasteiger partial charge in [0.1, 0.15) is 5.78 Å². The van der Waals surface area contributed by atoms with E-state index in [9.17, 15) is 33.9 Å². The number of ketones is 1. The molecular weight excluding hydrogens is 1490 g/mol. The van der Waals surface area contributed by atoms with Gasteiger partial charge < -0.3 is 10.8 Å². The minimum Gasteiger partial charge on any atom is -0.386 e. The third-order valence-electron chi connectivity index (χ3n) is 20.4. The number of benzene rings is 4. The largest absolute Gasteiger partial charge is 0.386 e. The fraction of sp³-hybridized carbons (Fsp3) is 0.462. The van der Waals surface area contributed by atoms with E-state index >= 15 is 0 Å². The van der Waals surface area contributed by atoms with Crippen LogP contribution in [0, 0.1) is 49.4 Å². The number of imidazole rings is 4.